The third-order valence-corrected chi connectivity index (χ3v) is 10.8. The molecular formula is C52H28N6. The molecule has 0 N–H and O–H groups in total. The smallest absolute Gasteiger partial charge is 0.195 e. The molecule has 0 saturated heterocycles. The molecule has 0 fully saturated rings. The van der Waals surface area contributed by atoms with Gasteiger partial charge in [-0.25, -0.2) is 19.8 Å². The Hall–Kier alpha value is -8.50. The lowest BCUT2D eigenvalue weighted by Gasteiger charge is -2.18. The molecule has 8 aromatic carbocycles. The lowest BCUT2D eigenvalue weighted by molar-refractivity contribution is 1.07. The summed E-state index contributed by atoms with van der Waals surface area (Å²) in [7, 11) is 0. The first kappa shape index (κ1) is 34.0. The van der Waals surface area contributed by atoms with E-state index in [4.69, 9.17) is 21.5 Å². The van der Waals surface area contributed by atoms with Crippen molar-refractivity contribution in [1.29, 1.82) is 10.5 Å². The second-order valence-electron chi connectivity index (χ2n) is 14.1. The average molecular weight is 737 g/mol. The van der Waals surface area contributed by atoms with Gasteiger partial charge in [-0.2, -0.15) is 10.5 Å². The molecule has 0 spiro atoms. The highest BCUT2D eigenvalue weighted by Gasteiger charge is 2.24. The van der Waals surface area contributed by atoms with Gasteiger partial charge >= 0.3 is 0 Å². The minimum absolute atomic E-state index is 0.456. The summed E-state index contributed by atoms with van der Waals surface area (Å²) >= 11 is 0. The summed E-state index contributed by atoms with van der Waals surface area (Å²) in [6, 6.07) is 60.6. The maximum atomic E-state index is 9.41. The van der Waals surface area contributed by atoms with Crippen molar-refractivity contribution in [2.24, 2.45) is 0 Å². The van der Waals surface area contributed by atoms with E-state index in [9.17, 15) is 10.5 Å². The van der Waals surface area contributed by atoms with Gasteiger partial charge in [0.25, 0.3) is 0 Å². The van der Waals surface area contributed by atoms with Crippen LogP contribution in [-0.2, 0) is 0 Å². The van der Waals surface area contributed by atoms with E-state index in [-0.39, 0.29) is 0 Å². The Kier molecular flexibility index (Phi) is 8.20. The standard InChI is InChI=1S/C52H28N6/c1-55-47-18-8-15-38(49(47)45-14-5-4-13-41(45)42-27-28-46-40-12-3-2-11-39(40)43-16-7-17-44(42)48(43)46)36-9-6-10-37(29-36)52-57-50(34-23-19-32(30-53)20-24-34)56-51(58-52)35-25-21-33(31-54)22-26-35/h2-29H. The van der Waals surface area contributed by atoms with Gasteiger partial charge in [-0.05, 0) is 121 Å². The average Bonchev–Trinajstić information content (AvgIpc) is 3.63. The van der Waals surface area contributed by atoms with Crippen LogP contribution in [0.1, 0.15) is 11.1 Å². The number of nitriles is 2. The quantitative estimate of drug-likeness (QED) is 0.159. The van der Waals surface area contributed by atoms with Gasteiger partial charge < -0.3 is 0 Å². The van der Waals surface area contributed by atoms with Crippen LogP contribution in [-0.4, -0.2) is 15.0 Å². The van der Waals surface area contributed by atoms with Gasteiger partial charge in [0, 0.05) is 16.7 Å². The van der Waals surface area contributed by atoms with Crippen LogP contribution in [0.2, 0.25) is 0 Å². The monoisotopic (exact) mass is 736 g/mol. The van der Waals surface area contributed by atoms with Crippen LogP contribution in [0, 0.1) is 29.2 Å². The highest BCUT2D eigenvalue weighted by molar-refractivity contribution is 6.19. The molecule has 1 heterocycles. The second-order valence-corrected chi connectivity index (χ2v) is 14.1. The van der Waals surface area contributed by atoms with Crippen LogP contribution in [0.5, 0.6) is 0 Å². The van der Waals surface area contributed by atoms with Crippen molar-refractivity contribution in [2.75, 3.05) is 0 Å². The lowest BCUT2D eigenvalue weighted by Crippen LogP contribution is -2.00. The molecule has 10 rings (SSSR count). The predicted octanol–water partition coefficient (Wildman–Crippen LogP) is 13.0. The zero-order valence-corrected chi connectivity index (χ0v) is 30.8. The zero-order valence-electron chi connectivity index (χ0n) is 30.8. The first-order valence-electron chi connectivity index (χ1n) is 18.8. The van der Waals surface area contributed by atoms with Crippen molar-refractivity contribution in [1.82, 2.24) is 15.0 Å². The molecule has 1 aliphatic rings. The summed E-state index contributed by atoms with van der Waals surface area (Å²) in [4.78, 5) is 18.8. The zero-order chi connectivity index (χ0) is 39.2. The highest BCUT2D eigenvalue weighted by Crippen LogP contribution is 2.51. The summed E-state index contributed by atoms with van der Waals surface area (Å²) in [6.07, 6.45) is 0. The molecule has 0 aliphatic heterocycles. The van der Waals surface area contributed by atoms with Gasteiger partial charge in [0.2, 0.25) is 0 Å². The third kappa shape index (κ3) is 5.68. The molecule has 0 radical (unpaired) electrons. The molecule has 6 nitrogen and oxygen atoms in total. The van der Waals surface area contributed by atoms with Gasteiger partial charge in [-0.15, -0.1) is 0 Å². The SMILES string of the molecule is [C-]#[N+]c1cccc(-c2cccc(-c3nc(-c4ccc(C#N)cc4)nc(-c4ccc(C#N)cc4)n3)c2)c1-c1ccccc1-c1ccc2c3c(cccc13)-c1ccccc1-2. The van der Waals surface area contributed by atoms with E-state index >= 15 is 0 Å². The Bertz CT molecular complexity index is 3150. The minimum atomic E-state index is 0.456. The van der Waals surface area contributed by atoms with Crippen LogP contribution < -0.4 is 0 Å². The van der Waals surface area contributed by atoms with E-state index in [1.807, 2.05) is 54.6 Å². The van der Waals surface area contributed by atoms with E-state index in [1.165, 1.54) is 33.0 Å². The van der Waals surface area contributed by atoms with Crippen LogP contribution >= 0.6 is 0 Å². The second kappa shape index (κ2) is 14.0. The fraction of sp³-hybridized carbons (Fsp3) is 0. The van der Waals surface area contributed by atoms with E-state index in [0.717, 1.165) is 50.1 Å². The van der Waals surface area contributed by atoms with Crippen molar-refractivity contribution in [3.63, 3.8) is 0 Å². The minimum Gasteiger partial charge on any atom is -0.237 e. The summed E-state index contributed by atoms with van der Waals surface area (Å²) in [5.41, 5.74) is 14.7. The molecule has 0 bridgehead atoms. The predicted molar refractivity (Wildman–Crippen MR) is 230 cm³/mol. The van der Waals surface area contributed by atoms with Gasteiger partial charge in [0.15, 0.2) is 23.2 Å². The maximum absolute atomic E-state index is 9.41. The number of hydrogen-bond acceptors (Lipinski definition) is 5. The molecule has 0 atom stereocenters. The van der Waals surface area contributed by atoms with Crippen LogP contribution in [0.3, 0.4) is 0 Å². The molecule has 0 saturated carbocycles. The van der Waals surface area contributed by atoms with E-state index in [2.05, 4.69) is 108 Å². The summed E-state index contributed by atoms with van der Waals surface area (Å²) in [5, 5.41) is 21.2. The van der Waals surface area contributed by atoms with Crippen molar-refractivity contribution in [3.05, 3.63) is 192 Å². The van der Waals surface area contributed by atoms with Crippen LogP contribution in [0.25, 0.3) is 105 Å². The van der Waals surface area contributed by atoms with Crippen molar-refractivity contribution in [3.8, 4) is 102 Å². The number of rotatable bonds is 6. The number of benzene rings is 8. The summed E-state index contributed by atoms with van der Waals surface area (Å²) in [5.74, 6) is 1.38. The first-order valence-corrected chi connectivity index (χ1v) is 18.8. The van der Waals surface area contributed by atoms with Gasteiger partial charge in [0.1, 0.15) is 0 Å². The molecular weight excluding hydrogens is 709 g/mol. The Morgan fingerprint density at radius 1 is 0.397 bits per heavy atom. The molecule has 0 amide bonds. The van der Waals surface area contributed by atoms with E-state index < -0.39 is 0 Å². The fourth-order valence-electron chi connectivity index (χ4n) is 8.11. The van der Waals surface area contributed by atoms with Crippen LogP contribution in [0.4, 0.5) is 5.69 Å². The van der Waals surface area contributed by atoms with E-state index in [0.29, 0.717) is 34.3 Å². The van der Waals surface area contributed by atoms with Crippen LogP contribution in [0.15, 0.2) is 170 Å². The summed E-state index contributed by atoms with van der Waals surface area (Å²) < 4.78 is 0. The molecule has 1 aromatic heterocycles. The largest absolute Gasteiger partial charge is 0.237 e. The molecule has 58 heavy (non-hydrogen) atoms. The fourth-order valence-corrected chi connectivity index (χ4v) is 8.11. The Labute approximate surface area is 335 Å². The van der Waals surface area contributed by atoms with Crippen molar-refractivity contribution >= 4 is 16.5 Å². The van der Waals surface area contributed by atoms with E-state index in [1.54, 1.807) is 24.3 Å². The van der Waals surface area contributed by atoms with Gasteiger partial charge in [-0.3, -0.25) is 0 Å². The maximum Gasteiger partial charge on any atom is 0.195 e. The van der Waals surface area contributed by atoms with Crippen molar-refractivity contribution < 1.29 is 0 Å². The Morgan fingerprint density at radius 2 is 0.862 bits per heavy atom. The first-order chi connectivity index (χ1) is 28.6. The number of fused-ring (bicyclic) bond motifs is 3. The number of hydrogen-bond donors (Lipinski definition) is 0. The number of aromatic nitrogens is 3. The van der Waals surface area contributed by atoms with Gasteiger partial charge in [-0.1, -0.05) is 115 Å². The summed E-state index contributed by atoms with van der Waals surface area (Å²) in [6.45, 7) is 8.34. The normalized spacial score (nSPS) is 11.1. The topological polar surface area (TPSA) is 90.6 Å². The third-order valence-electron chi connectivity index (χ3n) is 10.8. The molecule has 6 heteroatoms. The molecule has 0 unspecified atom stereocenters. The molecule has 266 valence electrons. The molecule has 1 aliphatic carbocycles. The Balaban J connectivity index is 1.13. The van der Waals surface area contributed by atoms with Crippen molar-refractivity contribution in [2.45, 2.75) is 0 Å². The Morgan fingerprint density at radius 3 is 1.47 bits per heavy atom. The lowest BCUT2D eigenvalue weighted by atomic mass is 9.86. The number of nitrogens with zero attached hydrogens (tertiary/aromatic N) is 6. The highest BCUT2D eigenvalue weighted by atomic mass is 15.0. The molecule has 9 aromatic rings. The van der Waals surface area contributed by atoms with Gasteiger partial charge in [0.05, 0.1) is 29.8 Å².